The number of amides is 1. The van der Waals surface area contributed by atoms with E-state index >= 15 is 0 Å². The molecule has 1 aliphatic carbocycles. The highest BCUT2D eigenvalue weighted by molar-refractivity contribution is 5.91. The largest absolute Gasteiger partial charge is 0.573 e. The van der Waals surface area contributed by atoms with Crippen LogP contribution in [0.3, 0.4) is 0 Å². The summed E-state index contributed by atoms with van der Waals surface area (Å²) in [6.07, 6.45) is -1.30. The molecule has 1 aliphatic rings. The van der Waals surface area contributed by atoms with Gasteiger partial charge in [-0.25, -0.2) is 9.36 Å². The zero-order valence-corrected chi connectivity index (χ0v) is 17.6. The molecule has 34 heavy (non-hydrogen) atoms. The molecule has 1 N–H and O–H groups in total. The Balaban J connectivity index is 1.43. The summed E-state index contributed by atoms with van der Waals surface area (Å²) in [5, 5.41) is 12.1. The fourth-order valence-electron chi connectivity index (χ4n) is 3.70. The number of rotatable bonds is 6. The number of nitrogens with zero attached hydrogens (tertiary/aromatic N) is 4. The van der Waals surface area contributed by atoms with Crippen molar-refractivity contribution in [2.24, 2.45) is 0 Å². The highest BCUT2D eigenvalue weighted by Crippen LogP contribution is 2.41. The van der Waals surface area contributed by atoms with Crippen molar-refractivity contribution >= 4 is 22.5 Å². The molecule has 0 unspecified atom stereocenters. The van der Waals surface area contributed by atoms with Gasteiger partial charge in [-0.15, -0.1) is 13.2 Å². The van der Waals surface area contributed by atoms with E-state index in [4.69, 9.17) is 0 Å². The Morgan fingerprint density at radius 3 is 2.44 bits per heavy atom. The summed E-state index contributed by atoms with van der Waals surface area (Å²) in [5.74, 6) is -0.755. The second kappa shape index (κ2) is 8.32. The lowest BCUT2D eigenvalue weighted by Gasteiger charge is -2.11. The summed E-state index contributed by atoms with van der Waals surface area (Å²) >= 11 is 0. The predicted molar refractivity (Wildman–Crippen MR) is 117 cm³/mol. The van der Waals surface area contributed by atoms with Gasteiger partial charge in [0.1, 0.15) is 17.8 Å². The summed E-state index contributed by atoms with van der Waals surface area (Å²) in [4.78, 5) is 25.9. The monoisotopic (exact) mass is 469 g/mol. The third kappa shape index (κ3) is 4.49. The molecule has 0 radical (unpaired) electrons. The van der Waals surface area contributed by atoms with E-state index in [9.17, 15) is 22.8 Å². The number of hydrogen-bond donors (Lipinski definition) is 1. The van der Waals surface area contributed by atoms with Crippen LogP contribution in [0.1, 0.15) is 24.5 Å². The van der Waals surface area contributed by atoms with Crippen molar-refractivity contribution in [2.75, 3.05) is 5.32 Å². The van der Waals surface area contributed by atoms with Gasteiger partial charge in [0.25, 0.3) is 5.56 Å². The maximum absolute atomic E-state index is 13.3. The minimum Gasteiger partial charge on any atom is -0.406 e. The first-order valence-corrected chi connectivity index (χ1v) is 10.5. The highest BCUT2D eigenvalue weighted by Gasteiger charge is 2.31. The zero-order valence-electron chi connectivity index (χ0n) is 17.6. The molecule has 0 saturated heterocycles. The average molecular weight is 469 g/mol. The van der Waals surface area contributed by atoms with Crippen LogP contribution >= 0.6 is 0 Å². The quantitative estimate of drug-likeness (QED) is 0.461. The van der Waals surface area contributed by atoms with Gasteiger partial charge >= 0.3 is 6.36 Å². The minimum atomic E-state index is -4.80. The van der Waals surface area contributed by atoms with Crippen LogP contribution in [0.4, 0.5) is 18.9 Å². The molecule has 4 aromatic rings. The summed E-state index contributed by atoms with van der Waals surface area (Å²) in [7, 11) is 0. The number of nitrogens with one attached hydrogen (secondary N) is 1. The molecule has 2 aromatic carbocycles. The van der Waals surface area contributed by atoms with Crippen molar-refractivity contribution in [2.45, 2.75) is 31.7 Å². The molecule has 2 heterocycles. The molecule has 1 saturated carbocycles. The molecule has 2 aromatic heterocycles. The fourth-order valence-corrected chi connectivity index (χ4v) is 3.70. The van der Waals surface area contributed by atoms with E-state index in [1.165, 1.54) is 12.1 Å². The number of ether oxygens (including phenoxy) is 1. The number of para-hydroxylation sites is 1. The van der Waals surface area contributed by atoms with Crippen molar-refractivity contribution < 1.29 is 22.7 Å². The Bertz CT molecular complexity index is 1410. The van der Waals surface area contributed by atoms with Gasteiger partial charge in [0.05, 0.1) is 17.6 Å². The number of benzene rings is 2. The number of carbonyl (C=O) groups excluding carboxylic acids is 1. The number of carbonyl (C=O) groups is 1. The van der Waals surface area contributed by atoms with Gasteiger partial charge in [0.2, 0.25) is 5.91 Å². The van der Waals surface area contributed by atoms with E-state index in [1.807, 2.05) is 30.3 Å². The molecule has 174 valence electrons. The van der Waals surface area contributed by atoms with E-state index in [-0.39, 0.29) is 18.2 Å². The van der Waals surface area contributed by atoms with Crippen LogP contribution in [-0.4, -0.2) is 31.8 Å². The summed E-state index contributed by atoms with van der Waals surface area (Å²) in [5.41, 5.74) is 1.55. The summed E-state index contributed by atoms with van der Waals surface area (Å²) < 4.78 is 43.4. The standard InChI is InChI=1S/C23H18F3N5O3/c24-23(25,26)34-17-10-8-15(9-11-17)28-19(32)13-30-22(33)21-18(20(29-30)14-6-7-14)12-27-31(21)16-4-2-1-3-5-16/h1-5,8-12,14H,6-7,13H2,(H,28,32). The maximum atomic E-state index is 13.3. The van der Waals surface area contributed by atoms with Crippen LogP contribution in [0.15, 0.2) is 65.6 Å². The van der Waals surface area contributed by atoms with Gasteiger partial charge in [-0.05, 0) is 49.2 Å². The molecular weight excluding hydrogens is 451 g/mol. The van der Waals surface area contributed by atoms with Crippen molar-refractivity contribution in [3.63, 3.8) is 0 Å². The van der Waals surface area contributed by atoms with Crippen LogP contribution in [0, 0.1) is 0 Å². The normalized spacial score (nSPS) is 13.7. The molecule has 8 nitrogen and oxygen atoms in total. The first kappa shape index (κ1) is 21.7. The lowest BCUT2D eigenvalue weighted by atomic mass is 10.2. The van der Waals surface area contributed by atoms with Gasteiger partial charge < -0.3 is 10.1 Å². The second-order valence-corrected chi connectivity index (χ2v) is 7.90. The number of halogens is 3. The molecule has 11 heteroatoms. The van der Waals surface area contributed by atoms with E-state index < -0.39 is 23.6 Å². The molecule has 1 fully saturated rings. The van der Waals surface area contributed by atoms with Gasteiger partial charge in [0.15, 0.2) is 0 Å². The number of aromatic nitrogens is 4. The molecule has 0 aliphatic heterocycles. The first-order chi connectivity index (χ1) is 16.3. The molecule has 1 amide bonds. The molecule has 0 atom stereocenters. The van der Waals surface area contributed by atoms with Crippen molar-refractivity contribution in [3.8, 4) is 11.4 Å². The Hall–Kier alpha value is -4.15. The maximum Gasteiger partial charge on any atom is 0.573 e. The predicted octanol–water partition coefficient (Wildman–Crippen LogP) is 4.00. The third-order valence-electron chi connectivity index (χ3n) is 5.34. The lowest BCUT2D eigenvalue weighted by molar-refractivity contribution is -0.274. The summed E-state index contributed by atoms with van der Waals surface area (Å²) in [6.45, 7) is -0.366. The molecule has 5 rings (SSSR count). The second-order valence-electron chi connectivity index (χ2n) is 7.90. The molecule has 0 spiro atoms. The van der Waals surface area contributed by atoms with E-state index in [1.54, 1.807) is 10.9 Å². The Morgan fingerprint density at radius 2 is 1.79 bits per heavy atom. The topological polar surface area (TPSA) is 91.0 Å². The smallest absolute Gasteiger partial charge is 0.406 e. The van der Waals surface area contributed by atoms with E-state index in [0.29, 0.717) is 16.6 Å². The fraction of sp³-hybridized carbons (Fsp3) is 0.217. The number of alkyl halides is 3. The summed E-state index contributed by atoms with van der Waals surface area (Å²) in [6, 6.07) is 13.9. The Labute approximate surface area is 190 Å². The van der Waals surface area contributed by atoms with Crippen molar-refractivity contribution in [3.05, 3.63) is 76.8 Å². The van der Waals surface area contributed by atoms with Gasteiger partial charge in [-0.2, -0.15) is 10.2 Å². The Kier molecular flexibility index (Phi) is 5.31. The van der Waals surface area contributed by atoms with Crippen LogP contribution in [-0.2, 0) is 11.3 Å². The van der Waals surface area contributed by atoms with E-state index in [0.717, 1.165) is 35.4 Å². The van der Waals surface area contributed by atoms with Crippen LogP contribution in [0.25, 0.3) is 16.6 Å². The van der Waals surface area contributed by atoms with Crippen LogP contribution in [0.2, 0.25) is 0 Å². The van der Waals surface area contributed by atoms with Gasteiger partial charge in [-0.3, -0.25) is 9.59 Å². The first-order valence-electron chi connectivity index (χ1n) is 10.5. The average Bonchev–Trinajstić information content (AvgIpc) is 3.54. The lowest BCUT2D eigenvalue weighted by Crippen LogP contribution is -2.31. The van der Waals surface area contributed by atoms with E-state index in [2.05, 4.69) is 20.3 Å². The number of hydrogen-bond acceptors (Lipinski definition) is 5. The number of anilines is 1. The van der Waals surface area contributed by atoms with Crippen LogP contribution in [0.5, 0.6) is 5.75 Å². The van der Waals surface area contributed by atoms with Crippen LogP contribution < -0.4 is 15.6 Å². The minimum absolute atomic E-state index is 0.201. The molecular formula is C23H18F3N5O3. The SMILES string of the molecule is O=C(Cn1nc(C2CC2)c2cnn(-c3ccccc3)c2c1=O)Nc1ccc(OC(F)(F)F)cc1. The van der Waals surface area contributed by atoms with Gasteiger partial charge in [-0.1, -0.05) is 18.2 Å². The number of fused-ring (bicyclic) bond motifs is 1. The third-order valence-corrected chi connectivity index (χ3v) is 5.34. The molecule has 0 bridgehead atoms. The van der Waals surface area contributed by atoms with Crippen molar-refractivity contribution in [1.29, 1.82) is 0 Å². The Morgan fingerprint density at radius 1 is 1.09 bits per heavy atom. The van der Waals surface area contributed by atoms with Gasteiger partial charge in [0, 0.05) is 17.0 Å². The highest BCUT2D eigenvalue weighted by atomic mass is 19.4. The zero-order chi connectivity index (χ0) is 23.9. The van der Waals surface area contributed by atoms with Crippen molar-refractivity contribution in [1.82, 2.24) is 19.6 Å².